The first-order chi connectivity index (χ1) is 8.75. The van der Waals surface area contributed by atoms with Crippen LogP contribution in [0.1, 0.15) is 51.8 Å². The van der Waals surface area contributed by atoms with Gasteiger partial charge >= 0.3 is 0 Å². The molecule has 18 heavy (non-hydrogen) atoms. The second kappa shape index (κ2) is 5.80. The average molecular weight is 251 g/mol. The number of hydrogen-bond donors (Lipinski definition) is 2. The molecule has 1 atom stereocenters. The Morgan fingerprint density at radius 3 is 2.72 bits per heavy atom. The summed E-state index contributed by atoms with van der Waals surface area (Å²) in [7, 11) is 0. The summed E-state index contributed by atoms with van der Waals surface area (Å²) >= 11 is 0. The molecule has 1 unspecified atom stereocenters. The third kappa shape index (κ3) is 2.42. The number of hydrazine groups is 1. The van der Waals surface area contributed by atoms with Gasteiger partial charge in [0, 0.05) is 19.0 Å². The molecule has 3 N–H and O–H groups in total. The van der Waals surface area contributed by atoms with Crippen molar-refractivity contribution in [3.8, 4) is 0 Å². The molecular weight excluding hydrogens is 226 g/mol. The molecule has 1 aliphatic carbocycles. The minimum atomic E-state index is 0.305. The fourth-order valence-electron chi connectivity index (χ4n) is 3.37. The lowest BCUT2D eigenvalue weighted by molar-refractivity contribution is 0.182. The van der Waals surface area contributed by atoms with Gasteiger partial charge in [-0.05, 0) is 31.6 Å². The second-order valence-electron chi connectivity index (χ2n) is 5.34. The van der Waals surface area contributed by atoms with E-state index < -0.39 is 0 Å². The molecule has 0 radical (unpaired) electrons. The number of nitrogens with zero attached hydrogens (tertiary/aromatic N) is 3. The van der Waals surface area contributed by atoms with Crippen molar-refractivity contribution in [2.75, 3.05) is 0 Å². The zero-order valence-electron chi connectivity index (χ0n) is 11.5. The molecule has 1 aliphatic rings. The number of aryl methyl sites for hydroxylation is 1. The summed E-state index contributed by atoms with van der Waals surface area (Å²) in [4.78, 5) is 4.37. The fraction of sp³-hybridized carbons (Fsp3) is 0.846. The van der Waals surface area contributed by atoms with Gasteiger partial charge in [0.05, 0.1) is 0 Å². The van der Waals surface area contributed by atoms with E-state index in [1.807, 2.05) is 4.68 Å². The summed E-state index contributed by atoms with van der Waals surface area (Å²) in [6, 6.07) is 0.305. The zero-order valence-corrected chi connectivity index (χ0v) is 11.5. The van der Waals surface area contributed by atoms with Crippen molar-refractivity contribution in [2.45, 2.75) is 65.0 Å². The molecule has 1 heterocycles. The lowest BCUT2D eigenvalue weighted by Gasteiger charge is -2.36. The highest BCUT2D eigenvalue weighted by Crippen LogP contribution is 2.44. The maximum Gasteiger partial charge on any atom is 0.138 e. The monoisotopic (exact) mass is 251 g/mol. The van der Waals surface area contributed by atoms with Gasteiger partial charge < -0.3 is 0 Å². The van der Waals surface area contributed by atoms with Gasteiger partial charge in [-0.25, -0.2) is 4.98 Å². The minimum Gasteiger partial charge on any atom is -0.271 e. The molecule has 1 aromatic rings. The smallest absolute Gasteiger partial charge is 0.138 e. The van der Waals surface area contributed by atoms with Crippen LogP contribution >= 0.6 is 0 Å². The molecular formula is C13H25N5. The summed E-state index contributed by atoms with van der Waals surface area (Å²) < 4.78 is 1.96. The largest absolute Gasteiger partial charge is 0.271 e. The predicted octanol–water partition coefficient (Wildman–Crippen LogP) is 1.64. The van der Waals surface area contributed by atoms with Crippen molar-refractivity contribution in [3.05, 3.63) is 12.2 Å². The third-order valence-corrected chi connectivity index (χ3v) is 4.63. The summed E-state index contributed by atoms with van der Waals surface area (Å²) in [5.74, 6) is 6.86. The summed E-state index contributed by atoms with van der Waals surface area (Å²) in [6.45, 7) is 5.24. The molecule has 1 saturated carbocycles. The maximum atomic E-state index is 5.81. The maximum absolute atomic E-state index is 5.81. The molecule has 102 valence electrons. The van der Waals surface area contributed by atoms with Crippen LogP contribution in [0.4, 0.5) is 0 Å². The summed E-state index contributed by atoms with van der Waals surface area (Å²) in [5, 5.41) is 4.23. The quantitative estimate of drug-likeness (QED) is 0.596. The molecule has 0 bridgehead atoms. The first-order valence-corrected chi connectivity index (χ1v) is 7.08. The van der Waals surface area contributed by atoms with Crippen molar-refractivity contribution in [1.82, 2.24) is 20.2 Å². The summed E-state index contributed by atoms with van der Waals surface area (Å²) in [5.41, 5.74) is 3.39. The van der Waals surface area contributed by atoms with E-state index in [-0.39, 0.29) is 0 Å². The Labute approximate surface area is 109 Å². The van der Waals surface area contributed by atoms with E-state index in [2.05, 4.69) is 29.4 Å². The van der Waals surface area contributed by atoms with E-state index in [1.54, 1.807) is 6.33 Å². The Kier molecular flexibility index (Phi) is 4.35. The third-order valence-electron chi connectivity index (χ3n) is 4.63. The number of nitrogens with one attached hydrogen (secondary N) is 1. The molecule has 1 aromatic heterocycles. The van der Waals surface area contributed by atoms with Crippen molar-refractivity contribution in [3.63, 3.8) is 0 Å². The van der Waals surface area contributed by atoms with Crippen LogP contribution in [-0.4, -0.2) is 20.8 Å². The highest BCUT2D eigenvalue weighted by Gasteiger charge is 2.39. The Morgan fingerprint density at radius 2 is 2.17 bits per heavy atom. The lowest BCUT2D eigenvalue weighted by Crippen LogP contribution is -2.49. The normalized spacial score (nSPS) is 20.2. The molecule has 0 amide bonds. The van der Waals surface area contributed by atoms with Crippen molar-refractivity contribution in [2.24, 2.45) is 11.3 Å². The van der Waals surface area contributed by atoms with Gasteiger partial charge in [0.2, 0.25) is 0 Å². The first kappa shape index (κ1) is 13.5. The van der Waals surface area contributed by atoms with Crippen LogP contribution in [0.3, 0.4) is 0 Å². The molecule has 0 aromatic carbocycles. The predicted molar refractivity (Wildman–Crippen MR) is 71.7 cm³/mol. The van der Waals surface area contributed by atoms with Crippen LogP contribution in [0.25, 0.3) is 0 Å². The number of nitrogens with two attached hydrogens (primary N) is 1. The van der Waals surface area contributed by atoms with E-state index >= 15 is 0 Å². The highest BCUT2D eigenvalue weighted by molar-refractivity contribution is 4.99. The van der Waals surface area contributed by atoms with Gasteiger partial charge in [0.1, 0.15) is 12.2 Å². The number of rotatable bonds is 6. The molecule has 5 heteroatoms. The summed E-state index contributed by atoms with van der Waals surface area (Å²) in [6.07, 6.45) is 8.90. The van der Waals surface area contributed by atoms with Gasteiger partial charge in [0.25, 0.3) is 0 Å². The average Bonchev–Trinajstić information content (AvgIpc) is 3.05. The minimum absolute atomic E-state index is 0.305. The van der Waals surface area contributed by atoms with Gasteiger partial charge in [0.15, 0.2) is 0 Å². The van der Waals surface area contributed by atoms with Gasteiger partial charge in [-0.15, -0.1) is 0 Å². The molecule has 5 nitrogen and oxygen atoms in total. The first-order valence-electron chi connectivity index (χ1n) is 7.08. The molecule has 1 fully saturated rings. The number of hydrogen-bond acceptors (Lipinski definition) is 4. The van der Waals surface area contributed by atoms with Crippen LogP contribution in [0, 0.1) is 5.41 Å². The Hall–Kier alpha value is -0.940. The van der Waals surface area contributed by atoms with Crippen LogP contribution in [0.2, 0.25) is 0 Å². The van der Waals surface area contributed by atoms with Gasteiger partial charge in [-0.2, -0.15) is 5.10 Å². The Bertz CT molecular complexity index is 367. The van der Waals surface area contributed by atoms with Gasteiger partial charge in [-0.1, -0.05) is 19.8 Å². The van der Waals surface area contributed by atoms with E-state index in [0.717, 1.165) is 18.8 Å². The second-order valence-corrected chi connectivity index (χ2v) is 5.34. The standard InChI is InChI=1S/C13H25N5/c1-3-13(7-5-6-8-13)11(17-14)9-12-15-10-16-18(12)4-2/h10-11,17H,3-9,14H2,1-2H3. The SMILES string of the molecule is CCn1ncnc1CC(NN)C1(CC)CCCC1. The zero-order chi connectivity index (χ0) is 13.0. The van der Waals surface area contributed by atoms with Crippen LogP contribution < -0.4 is 11.3 Å². The fourth-order valence-corrected chi connectivity index (χ4v) is 3.37. The van der Waals surface area contributed by atoms with Crippen molar-refractivity contribution in [1.29, 1.82) is 0 Å². The van der Waals surface area contributed by atoms with Crippen molar-refractivity contribution >= 4 is 0 Å². The number of aromatic nitrogens is 3. The lowest BCUT2D eigenvalue weighted by atomic mass is 9.75. The molecule has 0 aliphatic heterocycles. The molecule has 0 spiro atoms. The topological polar surface area (TPSA) is 68.8 Å². The van der Waals surface area contributed by atoms with E-state index in [9.17, 15) is 0 Å². The van der Waals surface area contributed by atoms with E-state index in [0.29, 0.717) is 11.5 Å². The van der Waals surface area contributed by atoms with E-state index in [1.165, 1.54) is 32.1 Å². The van der Waals surface area contributed by atoms with Gasteiger partial charge in [-0.3, -0.25) is 16.0 Å². The van der Waals surface area contributed by atoms with Crippen LogP contribution in [0.15, 0.2) is 6.33 Å². The van der Waals surface area contributed by atoms with Crippen LogP contribution in [-0.2, 0) is 13.0 Å². The highest BCUT2D eigenvalue weighted by atomic mass is 15.3. The Morgan fingerprint density at radius 1 is 1.44 bits per heavy atom. The molecule has 2 rings (SSSR count). The van der Waals surface area contributed by atoms with Crippen molar-refractivity contribution < 1.29 is 0 Å². The Balaban J connectivity index is 2.13. The van der Waals surface area contributed by atoms with E-state index in [4.69, 9.17) is 5.84 Å². The molecule has 0 saturated heterocycles. The van der Waals surface area contributed by atoms with Crippen LogP contribution in [0.5, 0.6) is 0 Å².